The maximum atomic E-state index is 13.0. The van der Waals surface area contributed by atoms with Crippen LogP contribution in [0.2, 0.25) is 0 Å². The summed E-state index contributed by atoms with van der Waals surface area (Å²) in [6.45, 7) is 2.69. The number of hydrogen-bond donors (Lipinski definition) is 2. The highest BCUT2D eigenvalue weighted by atomic mass is 19.1. The number of nitrogens with zero attached hydrogens (tertiary/aromatic N) is 2. The lowest BCUT2D eigenvalue weighted by atomic mass is 10.0. The van der Waals surface area contributed by atoms with Crippen molar-refractivity contribution in [1.82, 2.24) is 20.4 Å². The molecule has 0 saturated carbocycles. The van der Waals surface area contributed by atoms with Crippen LogP contribution in [-0.4, -0.2) is 40.1 Å². The van der Waals surface area contributed by atoms with Crippen molar-refractivity contribution in [2.24, 2.45) is 0 Å². The monoisotopic (exact) mass is 342 g/mol. The van der Waals surface area contributed by atoms with E-state index >= 15 is 0 Å². The van der Waals surface area contributed by atoms with Crippen LogP contribution in [0.25, 0.3) is 0 Å². The van der Waals surface area contributed by atoms with Crippen molar-refractivity contribution in [3.05, 3.63) is 52.6 Å². The standard InChI is InChI=1S/C19H23FN4O/c20-14-6-4-13(5-7-14)12-24-10-8-15(9-11-24)21-19(25)18-16-2-1-3-17(16)22-23-18/h4-7,15H,1-3,8-12H2,(H,21,25)(H,22,23). The van der Waals surface area contributed by atoms with Crippen LogP contribution in [0.4, 0.5) is 4.39 Å². The Morgan fingerprint density at radius 3 is 2.76 bits per heavy atom. The molecule has 1 fully saturated rings. The van der Waals surface area contributed by atoms with Gasteiger partial charge in [-0.25, -0.2) is 4.39 Å². The second-order valence-electron chi connectivity index (χ2n) is 7.03. The van der Waals surface area contributed by atoms with Gasteiger partial charge >= 0.3 is 0 Å². The summed E-state index contributed by atoms with van der Waals surface area (Å²) in [5.41, 5.74) is 3.93. The predicted molar refractivity (Wildman–Crippen MR) is 92.8 cm³/mol. The van der Waals surface area contributed by atoms with E-state index in [-0.39, 0.29) is 17.8 Å². The first kappa shape index (κ1) is 16.3. The van der Waals surface area contributed by atoms with Gasteiger partial charge in [0.1, 0.15) is 5.82 Å². The number of H-pyrrole nitrogens is 1. The molecule has 132 valence electrons. The van der Waals surface area contributed by atoms with Gasteiger partial charge in [0.05, 0.1) is 0 Å². The first-order valence-electron chi connectivity index (χ1n) is 9.03. The molecule has 1 aliphatic heterocycles. The Kier molecular flexibility index (Phi) is 4.53. The molecule has 2 heterocycles. The minimum absolute atomic E-state index is 0.0450. The van der Waals surface area contributed by atoms with E-state index in [1.54, 1.807) is 0 Å². The molecule has 2 N–H and O–H groups in total. The molecule has 5 nitrogen and oxygen atoms in total. The molecule has 25 heavy (non-hydrogen) atoms. The van der Waals surface area contributed by atoms with E-state index in [4.69, 9.17) is 0 Å². The number of carbonyl (C=O) groups excluding carboxylic acids is 1. The van der Waals surface area contributed by atoms with Crippen LogP contribution >= 0.6 is 0 Å². The van der Waals surface area contributed by atoms with Gasteiger partial charge in [0.15, 0.2) is 5.69 Å². The van der Waals surface area contributed by atoms with Crippen molar-refractivity contribution in [2.75, 3.05) is 13.1 Å². The van der Waals surface area contributed by atoms with Gasteiger partial charge in [-0.3, -0.25) is 14.8 Å². The van der Waals surface area contributed by atoms with E-state index in [1.165, 1.54) is 12.1 Å². The summed E-state index contributed by atoms with van der Waals surface area (Å²) in [6, 6.07) is 6.88. The van der Waals surface area contributed by atoms with E-state index in [0.717, 1.165) is 68.6 Å². The number of carbonyl (C=O) groups is 1. The second kappa shape index (κ2) is 6.96. The molecule has 1 aromatic heterocycles. The number of aryl methyl sites for hydroxylation is 1. The number of halogens is 1. The summed E-state index contributed by atoms with van der Waals surface area (Å²) in [6.07, 6.45) is 4.91. The van der Waals surface area contributed by atoms with E-state index in [1.807, 2.05) is 12.1 Å². The van der Waals surface area contributed by atoms with Crippen LogP contribution < -0.4 is 5.32 Å². The fraction of sp³-hybridized carbons (Fsp3) is 0.474. The Labute approximate surface area is 146 Å². The van der Waals surface area contributed by atoms with Gasteiger partial charge in [0.2, 0.25) is 0 Å². The predicted octanol–water partition coefficient (Wildman–Crippen LogP) is 2.43. The van der Waals surface area contributed by atoms with Gasteiger partial charge < -0.3 is 5.32 Å². The summed E-state index contributed by atoms with van der Waals surface area (Å²) in [5.74, 6) is -0.244. The highest BCUT2D eigenvalue weighted by molar-refractivity contribution is 5.94. The third kappa shape index (κ3) is 3.58. The molecule has 0 radical (unpaired) electrons. The molecule has 0 spiro atoms. The number of rotatable bonds is 4. The second-order valence-corrected chi connectivity index (χ2v) is 7.03. The summed E-state index contributed by atoms with van der Waals surface area (Å²) in [5, 5.41) is 10.3. The van der Waals surface area contributed by atoms with Gasteiger partial charge in [0.25, 0.3) is 5.91 Å². The first-order valence-corrected chi connectivity index (χ1v) is 9.03. The number of likely N-dealkylation sites (tertiary alicyclic amines) is 1. The lowest BCUT2D eigenvalue weighted by Gasteiger charge is -2.32. The summed E-state index contributed by atoms with van der Waals surface area (Å²) in [7, 11) is 0. The third-order valence-electron chi connectivity index (χ3n) is 5.26. The van der Waals surface area contributed by atoms with Crippen LogP contribution in [0.15, 0.2) is 24.3 Å². The Hall–Kier alpha value is -2.21. The molecule has 2 aliphatic rings. The van der Waals surface area contributed by atoms with Crippen LogP contribution in [-0.2, 0) is 19.4 Å². The smallest absolute Gasteiger partial charge is 0.272 e. The van der Waals surface area contributed by atoms with Gasteiger partial charge in [-0.1, -0.05) is 12.1 Å². The highest BCUT2D eigenvalue weighted by Gasteiger charge is 2.26. The fourth-order valence-corrected chi connectivity index (χ4v) is 3.84. The minimum atomic E-state index is -0.199. The normalized spacial score (nSPS) is 18.3. The average Bonchev–Trinajstić information content (AvgIpc) is 3.22. The largest absolute Gasteiger partial charge is 0.348 e. The van der Waals surface area contributed by atoms with Gasteiger partial charge in [-0.05, 0) is 49.8 Å². The number of aromatic amines is 1. The number of nitrogens with one attached hydrogen (secondary N) is 2. The Balaban J connectivity index is 1.28. The first-order chi connectivity index (χ1) is 12.2. The zero-order valence-electron chi connectivity index (χ0n) is 14.2. The number of aromatic nitrogens is 2. The van der Waals surface area contributed by atoms with Gasteiger partial charge in [0, 0.05) is 36.9 Å². The number of fused-ring (bicyclic) bond motifs is 1. The lowest BCUT2D eigenvalue weighted by molar-refractivity contribution is 0.0903. The van der Waals surface area contributed by atoms with Crippen LogP contribution in [0, 0.1) is 5.82 Å². The molecule has 0 atom stereocenters. The van der Waals surface area contributed by atoms with Crippen molar-refractivity contribution >= 4 is 5.91 Å². The zero-order chi connectivity index (χ0) is 17.2. The highest BCUT2D eigenvalue weighted by Crippen LogP contribution is 2.23. The van der Waals surface area contributed by atoms with E-state index in [2.05, 4.69) is 20.4 Å². The van der Waals surface area contributed by atoms with Crippen molar-refractivity contribution in [2.45, 2.75) is 44.7 Å². The summed E-state index contributed by atoms with van der Waals surface area (Å²) < 4.78 is 13.0. The number of hydrogen-bond acceptors (Lipinski definition) is 3. The molecule has 1 aromatic carbocycles. The van der Waals surface area contributed by atoms with E-state index in [0.29, 0.717) is 5.69 Å². The molecular formula is C19H23FN4O. The Morgan fingerprint density at radius 2 is 2.00 bits per heavy atom. The molecule has 0 unspecified atom stereocenters. The maximum absolute atomic E-state index is 13.0. The van der Waals surface area contributed by atoms with E-state index in [9.17, 15) is 9.18 Å². The Morgan fingerprint density at radius 1 is 1.24 bits per heavy atom. The number of benzene rings is 1. The topological polar surface area (TPSA) is 61.0 Å². The summed E-state index contributed by atoms with van der Waals surface area (Å²) >= 11 is 0. The molecule has 0 bridgehead atoms. The SMILES string of the molecule is O=C(NC1CCN(Cc2ccc(F)cc2)CC1)c1n[nH]c2c1CCC2. The third-order valence-corrected chi connectivity index (χ3v) is 5.26. The molecule has 1 amide bonds. The average molecular weight is 342 g/mol. The van der Waals surface area contributed by atoms with Crippen molar-refractivity contribution in [3.8, 4) is 0 Å². The van der Waals surface area contributed by atoms with Crippen LogP contribution in [0.5, 0.6) is 0 Å². The minimum Gasteiger partial charge on any atom is -0.348 e. The van der Waals surface area contributed by atoms with Crippen molar-refractivity contribution < 1.29 is 9.18 Å². The molecule has 1 saturated heterocycles. The van der Waals surface area contributed by atoms with Crippen molar-refractivity contribution in [3.63, 3.8) is 0 Å². The van der Waals surface area contributed by atoms with Crippen molar-refractivity contribution in [1.29, 1.82) is 0 Å². The zero-order valence-corrected chi connectivity index (χ0v) is 14.2. The van der Waals surface area contributed by atoms with Crippen LogP contribution in [0.3, 0.4) is 0 Å². The lowest BCUT2D eigenvalue weighted by Crippen LogP contribution is -2.44. The van der Waals surface area contributed by atoms with Crippen LogP contribution in [0.1, 0.15) is 46.6 Å². The fourth-order valence-electron chi connectivity index (χ4n) is 3.84. The summed E-state index contributed by atoms with van der Waals surface area (Å²) in [4.78, 5) is 14.8. The quantitative estimate of drug-likeness (QED) is 0.897. The van der Waals surface area contributed by atoms with Gasteiger partial charge in [-0.2, -0.15) is 5.10 Å². The molecule has 4 rings (SSSR count). The molecule has 2 aromatic rings. The number of piperidine rings is 1. The van der Waals surface area contributed by atoms with Gasteiger partial charge in [-0.15, -0.1) is 0 Å². The molecule has 6 heteroatoms. The Bertz CT molecular complexity index is 747. The maximum Gasteiger partial charge on any atom is 0.272 e. The molecular weight excluding hydrogens is 319 g/mol. The number of amides is 1. The van der Waals surface area contributed by atoms with E-state index < -0.39 is 0 Å². The molecule has 1 aliphatic carbocycles.